The Morgan fingerprint density at radius 2 is 2.10 bits per heavy atom. The highest BCUT2D eigenvalue weighted by molar-refractivity contribution is 6.00. The molecular weight excluding hydrogens is 382 g/mol. The maximum atomic E-state index is 13.6. The van der Waals surface area contributed by atoms with Crippen molar-refractivity contribution in [2.75, 3.05) is 33.4 Å². The van der Waals surface area contributed by atoms with Gasteiger partial charge >= 0.3 is 0 Å². The lowest BCUT2D eigenvalue weighted by atomic mass is 9.89. The molecule has 2 aliphatic heterocycles. The number of nitrogens with one attached hydrogen (secondary N) is 1. The minimum Gasteiger partial charge on any atom is -0.497 e. The normalized spacial score (nSPS) is 23.1. The highest BCUT2D eigenvalue weighted by Crippen LogP contribution is 2.43. The molecule has 156 valence electrons. The number of aromatic nitrogens is 3. The lowest BCUT2D eigenvalue weighted by Gasteiger charge is -2.28. The molecule has 0 bridgehead atoms. The SMILES string of the molecule is COc1ccc([C@H]2[C@H]3CNC[C@H]3CN2C(=O)c2cnn3cc(CCO)cnc23)cc1. The highest BCUT2D eigenvalue weighted by Gasteiger charge is 2.47. The van der Waals surface area contributed by atoms with E-state index >= 15 is 0 Å². The van der Waals surface area contributed by atoms with Crippen LogP contribution in [0, 0.1) is 11.8 Å². The summed E-state index contributed by atoms with van der Waals surface area (Å²) in [4.78, 5) is 20.1. The summed E-state index contributed by atoms with van der Waals surface area (Å²) in [6.07, 6.45) is 5.63. The van der Waals surface area contributed by atoms with Crippen molar-refractivity contribution in [3.8, 4) is 5.75 Å². The molecule has 3 atom stereocenters. The lowest BCUT2D eigenvalue weighted by Crippen LogP contribution is -2.34. The number of hydrogen-bond donors (Lipinski definition) is 2. The summed E-state index contributed by atoms with van der Waals surface area (Å²) in [6.45, 7) is 2.60. The summed E-state index contributed by atoms with van der Waals surface area (Å²) in [5, 5.41) is 17.0. The topological polar surface area (TPSA) is 92.0 Å². The van der Waals surface area contributed by atoms with E-state index in [4.69, 9.17) is 9.84 Å². The van der Waals surface area contributed by atoms with E-state index in [1.54, 1.807) is 24.0 Å². The molecule has 0 saturated carbocycles. The van der Waals surface area contributed by atoms with Crippen LogP contribution in [0.2, 0.25) is 0 Å². The number of ether oxygens (including phenoxy) is 1. The van der Waals surface area contributed by atoms with Crippen LogP contribution in [0.5, 0.6) is 5.75 Å². The Balaban J connectivity index is 1.49. The third-order valence-corrected chi connectivity index (χ3v) is 6.32. The molecular formula is C22H25N5O3. The average molecular weight is 407 g/mol. The average Bonchev–Trinajstić information content (AvgIpc) is 3.47. The van der Waals surface area contributed by atoms with E-state index in [1.807, 2.05) is 23.2 Å². The number of aliphatic hydroxyl groups excluding tert-OH is 1. The molecule has 1 amide bonds. The van der Waals surface area contributed by atoms with Gasteiger partial charge < -0.3 is 20.1 Å². The zero-order valence-corrected chi connectivity index (χ0v) is 16.9. The van der Waals surface area contributed by atoms with Crippen LogP contribution in [0.25, 0.3) is 5.65 Å². The van der Waals surface area contributed by atoms with Crippen molar-refractivity contribution >= 4 is 11.6 Å². The fraction of sp³-hybridized carbons (Fsp3) is 0.409. The first-order chi connectivity index (χ1) is 14.7. The van der Waals surface area contributed by atoms with Crippen LogP contribution in [0.15, 0.2) is 42.9 Å². The van der Waals surface area contributed by atoms with Gasteiger partial charge in [0.15, 0.2) is 5.65 Å². The number of hydrogen-bond acceptors (Lipinski definition) is 6. The molecule has 2 aliphatic rings. The fourth-order valence-electron chi connectivity index (χ4n) is 4.83. The predicted molar refractivity (Wildman–Crippen MR) is 110 cm³/mol. The van der Waals surface area contributed by atoms with Crippen molar-refractivity contribution in [3.05, 3.63) is 59.5 Å². The predicted octanol–water partition coefficient (Wildman–Crippen LogP) is 1.31. The zero-order chi connectivity index (χ0) is 20.7. The Morgan fingerprint density at radius 1 is 1.27 bits per heavy atom. The Hall–Kier alpha value is -2.97. The molecule has 5 rings (SSSR count). The molecule has 0 radical (unpaired) electrons. The van der Waals surface area contributed by atoms with Gasteiger partial charge in [0.25, 0.3) is 5.91 Å². The van der Waals surface area contributed by atoms with Gasteiger partial charge in [0, 0.05) is 44.6 Å². The third-order valence-electron chi connectivity index (χ3n) is 6.32. The zero-order valence-electron chi connectivity index (χ0n) is 16.9. The Labute approximate surface area is 174 Å². The Kier molecular flexibility index (Phi) is 4.88. The number of rotatable bonds is 5. The smallest absolute Gasteiger partial charge is 0.259 e. The molecule has 0 spiro atoms. The first-order valence-corrected chi connectivity index (χ1v) is 10.3. The van der Waals surface area contributed by atoms with E-state index in [0.717, 1.165) is 30.0 Å². The van der Waals surface area contributed by atoms with Crippen molar-refractivity contribution in [2.45, 2.75) is 12.5 Å². The van der Waals surface area contributed by atoms with Gasteiger partial charge in [-0.25, -0.2) is 9.50 Å². The summed E-state index contributed by atoms with van der Waals surface area (Å²) in [7, 11) is 1.65. The number of carbonyl (C=O) groups is 1. The lowest BCUT2D eigenvalue weighted by molar-refractivity contribution is 0.0716. The van der Waals surface area contributed by atoms with Gasteiger partial charge in [0.05, 0.1) is 19.3 Å². The summed E-state index contributed by atoms with van der Waals surface area (Å²) in [6, 6.07) is 8.02. The van der Waals surface area contributed by atoms with Gasteiger partial charge in [-0.05, 0) is 35.6 Å². The van der Waals surface area contributed by atoms with E-state index in [0.29, 0.717) is 36.0 Å². The Morgan fingerprint density at radius 3 is 2.87 bits per heavy atom. The summed E-state index contributed by atoms with van der Waals surface area (Å²) >= 11 is 0. The highest BCUT2D eigenvalue weighted by atomic mass is 16.5. The third kappa shape index (κ3) is 3.12. The molecule has 0 unspecified atom stereocenters. The molecule has 2 aromatic heterocycles. The number of benzene rings is 1. The van der Waals surface area contributed by atoms with E-state index in [2.05, 4.69) is 27.5 Å². The quantitative estimate of drug-likeness (QED) is 0.663. The molecule has 8 nitrogen and oxygen atoms in total. The van der Waals surface area contributed by atoms with Crippen LogP contribution in [0.1, 0.15) is 27.5 Å². The monoisotopic (exact) mass is 407 g/mol. The van der Waals surface area contributed by atoms with E-state index in [9.17, 15) is 4.79 Å². The van der Waals surface area contributed by atoms with E-state index in [-0.39, 0.29) is 18.6 Å². The number of carbonyl (C=O) groups excluding carboxylic acids is 1. The number of aliphatic hydroxyl groups is 1. The minimum atomic E-state index is -0.0392. The van der Waals surface area contributed by atoms with Crippen molar-refractivity contribution in [1.29, 1.82) is 0 Å². The minimum absolute atomic E-state index is 0.00650. The standard InChI is InChI=1S/C22H25N5O3/c1-30-17-4-2-15(3-5-17)20-18-10-23-9-16(18)13-26(20)22(29)19-11-25-27-12-14(6-7-28)8-24-21(19)27/h2-5,8,11-12,16,18,20,23,28H,6-7,9-10,13H2,1H3/t16-,18-,20-/m0/s1. The molecule has 2 fully saturated rings. The largest absolute Gasteiger partial charge is 0.497 e. The molecule has 4 heterocycles. The number of fused-ring (bicyclic) bond motifs is 2. The molecule has 3 aromatic rings. The van der Waals surface area contributed by atoms with Crippen molar-refractivity contribution in [1.82, 2.24) is 24.8 Å². The van der Waals surface area contributed by atoms with Gasteiger partial charge in [0.1, 0.15) is 11.3 Å². The summed E-state index contributed by atoms with van der Waals surface area (Å²) < 4.78 is 6.92. The van der Waals surface area contributed by atoms with Crippen molar-refractivity contribution in [3.63, 3.8) is 0 Å². The maximum absolute atomic E-state index is 13.6. The first-order valence-electron chi connectivity index (χ1n) is 10.3. The maximum Gasteiger partial charge on any atom is 0.259 e. The van der Waals surface area contributed by atoms with Gasteiger partial charge in [0.2, 0.25) is 0 Å². The van der Waals surface area contributed by atoms with Gasteiger partial charge in [-0.1, -0.05) is 12.1 Å². The second-order valence-corrected chi connectivity index (χ2v) is 8.02. The number of nitrogens with zero attached hydrogens (tertiary/aromatic N) is 4. The summed E-state index contributed by atoms with van der Waals surface area (Å²) in [5.74, 6) is 1.59. The van der Waals surface area contributed by atoms with Crippen molar-refractivity contribution in [2.24, 2.45) is 11.8 Å². The number of methoxy groups -OCH3 is 1. The number of likely N-dealkylation sites (tertiary alicyclic amines) is 1. The first kappa shape index (κ1) is 19.0. The van der Waals surface area contributed by atoms with Crippen LogP contribution in [0.3, 0.4) is 0 Å². The molecule has 2 N–H and O–H groups in total. The van der Waals surface area contributed by atoms with Crippen LogP contribution >= 0.6 is 0 Å². The van der Waals surface area contributed by atoms with Crippen molar-refractivity contribution < 1.29 is 14.6 Å². The van der Waals surface area contributed by atoms with Gasteiger partial charge in [-0.3, -0.25) is 4.79 Å². The van der Waals surface area contributed by atoms with E-state index < -0.39 is 0 Å². The number of amides is 1. The Bertz CT molecular complexity index is 1060. The van der Waals surface area contributed by atoms with Gasteiger partial charge in [-0.2, -0.15) is 5.10 Å². The van der Waals surface area contributed by atoms with Crippen LogP contribution < -0.4 is 10.1 Å². The molecule has 0 aliphatic carbocycles. The summed E-state index contributed by atoms with van der Waals surface area (Å²) in [5.41, 5.74) is 3.06. The van der Waals surface area contributed by atoms with Gasteiger partial charge in [-0.15, -0.1) is 0 Å². The molecule has 1 aromatic carbocycles. The van der Waals surface area contributed by atoms with E-state index in [1.165, 1.54) is 0 Å². The van der Waals surface area contributed by atoms with Crippen LogP contribution in [0.4, 0.5) is 0 Å². The molecule has 8 heteroatoms. The fourth-order valence-corrected chi connectivity index (χ4v) is 4.83. The molecule has 2 saturated heterocycles. The second-order valence-electron chi connectivity index (χ2n) is 8.02. The second kappa shape index (κ2) is 7.70. The van der Waals surface area contributed by atoms with Crippen LogP contribution in [-0.2, 0) is 6.42 Å². The molecule has 30 heavy (non-hydrogen) atoms. The van der Waals surface area contributed by atoms with Crippen LogP contribution in [-0.4, -0.2) is 63.9 Å².